The van der Waals surface area contributed by atoms with Gasteiger partial charge in [-0.25, -0.2) is 4.79 Å². The number of ether oxygens (including phenoxy) is 2. The quantitative estimate of drug-likeness (QED) is 0.705. The number of carbonyl (C=O) groups excluding carboxylic acids is 1. The summed E-state index contributed by atoms with van der Waals surface area (Å²) >= 11 is 0. The normalized spacial score (nSPS) is 32.8. The molecule has 3 N–H and O–H groups in total. The van der Waals surface area contributed by atoms with Crippen molar-refractivity contribution < 1.29 is 32.5 Å². The summed E-state index contributed by atoms with van der Waals surface area (Å²) in [5.41, 5.74) is -0.842. The summed E-state index contributed by atoms with van der Waals surface area (Å²) in [6.07, 6.45) is -3.29. The maximum atomic E-state index is 12.9. The molecule has 3 fully saturated rings. The van der Waals surface area contributed by atoms with Gasteiger partial charge in [-0.1, -0.05) is 12.5 Å². The van der Waals surface area contributed by atoms with Crippen LogP contribution in [-0.2, 0) is 15.7 Å². The highest BCUT2D eigenvalue weighted by Crippen LogP contribution is 2.33. The fraction of sp³-hybridized carbons (Fsp3) is 0.632. The molecule has 3 saturated heterocycles. The van der Waals surface area contributed by atoms with E-state index in [4.69, 9.17) is 9.47 Å². The lowest BCUT2D eigenvalue weighted by molar-refractivity contribution is -0.183. The van der Waals surface area contributed by atoms with Gasteiger partial charge in [0.1, 0.15) is 6.10 Å². The molecule has 7 nitrogen and oxygen atoms in total. The van der Waals surface area contributed by atoms with Gasteiger partial charge in [0.05, 0.1) is 30.4 Å². The average Bonchev–Trinajstić information content (AvgIpc) is 3.11. The summed E-state index contributed by atoms with van der Waals surface area (Å²) in [4.78, 5) is 14.5. The van der Waals surface area contributed by atoms with E-state index in [-0.39, 0.29) is 12.3 Å². The molecule has 4 rings (SSSR count). The summed E-state index contributed by atoms with van der Waals surface area (Å²) in [7, 11) is 0. The SMILES string of the molecule is O=C(Nc1cccc(C(F)(F)F)c1)N[C@H]1[C@H](O)[C@@H](N2CCCCC2)[C@@H]2OC[C@H]1O2. The van der Waals surface area contributed by atoms with Crippen molar-refractivity contribution in [2.24, 2.45) is 0 Å². The fourth-order valence-corrected chi connectivity index (χ4v) is 4.28. The topological polar surface area (TPSA) is 83.1 Å². The Kier molecular flexibility index (Phi) is 5.69. The van der Waals surface area contributed by atoms with E-state index < -0.39 is 48.4 Å². The van der Waals surface area contributed by atoms with E-state index in [2.05, 4.69) is 15.5 Å². The number of aliphatic hydroxyl groups is 1. The van der Waals surface area contributed by atoms with Crippen LogP contribution in [-0.4, -0.2) is 66.3 Å². The van der Waals surface area contributed by atoms with Gasteiger partial charge >= 0.3 is 12.2 Å². The molecule has 5 atom stereocenters. The van der Waals surface area contributed by atoms with Crippen molar-refractivity contribution in [3.05, 3.63) is 29.8 Å². The standard InChI is InChI=1S/C19H24F3N3O4/c20-19(21,22)11-5-4-6-12(9-11)23-18(27)24-14-13-10-28-17(29-13)15(16(14)26)25-7-2-1-3-8-25/h4-6,9,13-17,26H,1-3,7-8,10H2,(H2,23,24,27)/t13-,14-,15-,16+,17-/m1/s1. The van der Waals surface area contributed by atoms with Gasteiger partial charge in [-0.2, -0.15) is 13.2 Å². The number of nitrogens with zero attached hydrogens (tertiary/aromatic N) is 1. The molecule has 3 aliphatic rings. The lowest BCUT2D eigenvalue weighted by Crippen LogP contribution is -2.66. The van der Waals surface area contributed by atoms with E-state index in [0.717, 1.165) is 44.5 Å². The van der Waals surface area contributed by atoms with Crippen molar-refractivity contribution >= 4 is 11.7 Å². The predicted octanol–water partition coefficient (Wildman–Crippen LogP) is 2.17. The van der Waals surface area contributed by atoms with Crippen LogP contribution in [0.4, 0.5) is 23.7 Å². The Hall–Kier alpha value is -1.88. The first-order valence-corrected chi connectivity index (χ1v) is 9.77. The first kappa shape index (κ1) is 20.4. The van der Waals surface area contributed by atoms with Gasteiger partial charge in [0.25, 0.3) is 0 Å². The number of piperidine rings is 1. The first-order valence-electron chi connectivity index (χ1n) is 9.77. The van der Waals surface area contributed by atoms with Gasteiger partial charge in [0.15, 0.2) is 6.29 Å². The Morgan fingerprint density at radius 2 is 1.97 bits per heavy atom. The third-order valence-electron chi connectivity index (χ3n) is 5.69. The van der Waals surface area contributed by atoms with Crippen molar-refractivity contribution in [2.75, 3.05) is 25.0 Å². The van der Waals surface area contributed by atoms with Gasteiger partial charge in [-0.05, 0) is 44.1 Å². The van der Waals surface area contributed by atoms with Crippen LogP contribution >= 0.6 is 0 Å². The van der Waals surface area contributed by atoms with E-state index in [1.54, 1.807) is 0 Å². The van der Waals surface area contributed by atoms with Crippen LogP contribution in [0.25, 0.3) is 0 Å². The molecule has 0 saturated carbocycles. The van der Waals surface area contributed by atoms with Crippen LogP contribution in [0.5, 0.6) is 0 Å². The first-order chi connectivity index (χ1) is 13.8. The molecule has 10 heteroatoms. The number of hydrogen-bond donors (Lipinski definition) is 3. The number of urea groups is 1. The van der Waals surface area contributed by atoms with Crippen LogP contribution < -0.4 is 10.6 Å². The van der Waals surface area contributed by atoms with E-state index in [1.807, 2.05) is 0 Å². The maximum Gasteiger partial charge on any atom is 0.416 e. The van der Waals surface area contributed by atoms with Crippen molar-refractivity contribution in [1.29, 1.82) is 0 Å². The summed E-state index contributed by atoms with van der Waals surface area (Å²) in [6.45, 7) is 1.87. The number of aliphatic hydroxyl groups excluding tert-OH is 1. The molecule has 0 aromatic heterocycles. The van der Waals surface area contributed by atoms with Crippen LogP contribution in [0.3, 0.4) is 0 Å². The summed E-state index contributed by atoms with van der Waals surface area (Å²) in [6, 6.07) is 2.55. The monoisotopic (exact) mass is 415 g/mol. The Balaban J connectivity index is 1.43. The second kappa shape index (κ2) is 8.10. The molecule has 29 heavy (non-hydrogen) atoms. The number of benzene rings is 1. The Morgan fingerprint density at radius 1 is 1.21 bits per heavy atom. The van der Waals surface area contributed by atoms with Gasteiger partial charge in [-0.3, -0.25) is 4.90 Å². The average molecular weight is 415 g/mol. The number of amides is 2. The zero-order valence-corrected chi connectivity index (χ0v) is 15.7. The smallest absolute Gasteiger partial charge is 0.389 e. The molecule has 0 radical (unpaired) electrons. The highest BCUT2D eigenvalue weighted by molar-refractivity contribution is 5.89. The minimum atomic E-state index is -4.50. The molecule has 0 spiro atoms. The molecular formula is C19H24F3N3O4. The molecule has 2 amide bonds. The van der Waals surface area contributed by atoms with Crippen LogP contribution in [0.15, 0.2) is 24.3 Å². The lowest BCUT2D eigenvalue weighted by atomic mass is 9.93. The Labute approximate surface area is 166 Å². The molecule has 160 valence electrons. The second-order valence-electron chi connectivity index (χ2n) is 7.66. The predicted molar refractivity (Wildman–Crippen MR) is 97.2 cm³/mol. The molecular weight excluding hydrogens is 391 g/mol. The fourth-order valence-electron chi connectivity index (χ4n) is 4.28. The largest absolute Gasteiger partial charge is 0.416 e. The number of alkyl halides is 3. The molecule has 1 aromatic carbocycles. The summed E-state index contributed by atoms with van der Waals surface area (Å²) in [5.74, 6) is 0. The minimum absolute atomic E-state index is 0.0108. The van der Waals surface area contributed by atoms with E-state index in [9.17, 15) is 23.1 Å². The zero-order chi connectivity index (χ0) is 20.6. The molecule has 0 aliphatic carbocycles. The summed E-state index contributed by atoms with van der Waals surface area (Å²) in [5, 5.41) is 16.0. The second-order valence-corrected chi connectivity index (χ2v) is 7.66. The van der Waals surface area contributed by atoms with Gasteiger partial charge in [0, 0.05) is 5.69 Å². The Morgan fingerprint density at radius 3 is 2.69 bits per heavy atom. The van der Waals surface area contributed by atoms with Crippen molar-refractivity contribution in [1.82, 2.24) is 10.2 Å². The minimum Gasteiger partial charge on any atom is -0.389 e. The van der Waals surface area contributed by atoms with Gasteiger partial charge < -0.3 is 25.2 Å². The zero-order valence-electron chi connectivity index (χ0n) is 15.7. The van der Waals surface area contributed by atoms with Crippen LogP contribution in [0.1, 0.15) is 24.8 Å². The summed E-state index contributed by atoms with van der Waals surface area (Å²) < 4.78 is 50.1. The molecule has 2 bridgehead atoms. The lowest BCUT2D eigenvalue weighted by Gasteiger charge is -2.45. The number of fused-ring (bicyclic) bond motifs is 2. The molecule has 3 heterocycles. The van der Waals surface area contributed by atoms with E-state index in [1.165, 1.54) is 12.1 Å². The molecule has 0 unspecified atom stereocenters. The third kappa shape index (κ3) is 4.35. The van der Waals surface area contributed by atoms with Gasteiger partial charge in [0.2, 0.25) is 0 Å². The number of carbonyl (C=O) groups is 1. The number of likely N-dealkylation sites (tertiary alicyclic amines) is 1. The van der Waals surface area contributed by atoms with Crippen molar-refractivity contribution in [3.63, 3.8) is 0 Å². The number of halogens is 3. The van der Waals surface area contributed by atoms with Gasteiger partial charge in [-0.15, -0.1) is 0 Å². The van der Waals surface area contributed by atoms with Crippen LogP contribution in [0.2, 0.25) is 0 Å². The van der Waals surface area contributed by atoms with E-state index in [0.29, 0.717) is 0 Å². The van der Waals surface area contributed by atoms with E-state index >= 15 is 0 Å². The highest BCUT2D eigenvalue weighted by Gasteiger charge is 2.52. The molecule has 3 aliphatic heterocycles. The molecule has 1 aromatic rings. The van der Waals surface area contributed by atoms with Crippen molar-refractivity contribution in [2.45, 2.75) is 56.0 Å². The number of hydrogen-bond acceptors (Lipinski definition) is 5. The number of nitrogens with one attached hydrogen (secondary N) is 2. The number of rotatable bonds is 3. The van der Waals surface area contributed by atoms with Crippen LogP contribution in [0, 0.1) is 0 Å². The Bertz CT molecular complexity index is 742. The highest BCUT2D eigenvalue weighted by atomic mass is 19.4. The van der Waals surface area contributed by atoms with Crippen molar-refractivity contribution in [3.8, 4) is 0 Å². The number of anilines is 1. The third-order valence-corrected chi connectivity index (χ3v) is 5.69. The maximum absolute atomic E-state index is 12.9.